The molecule has 0 saturated heterocycles. The van der Waals surface area contributed by atoms with Gasteiger partial charge in [-0.3, -0.25) is 48.1 Å². The van der Waals surface area contributed by atoms with E-state index in [1.54, 1.807) is 0 Å². The fourth-order valence-electron chi connectivity index (χ4n) is 6.27. The molecule has 398 valence electrons. The maximum absolute atomic E-state index is 13.9. The SMILES string of the molecule is C[C@H](NC(=O)[C@@H](NC(=O)[C@@H](N)CCCCN)[C@@H](O)CN)C(=O)NCC(=O)N=C(CCCN)C(=O)N(C)[C@@H](C)C(=O)N[C@@H](Cc1cnc[nH]1)C(=O)N[C@@H](CCCCN)C(=O)N/C(=C\CCN=C(N)N)C(N)=O. The molecule has 0 aliphatic rings. The predicted molar refractivity (Wildman–Crippen MR) is 261 cm³/mol. The summed E-state index contributed by atoms with van der Waals surface area (Å²) >= 11 is 0. The minimum absolute atomic E-state index is 0.0738. The molecule has 7 atom stereocenters. The number of amides is 9. The molecule has 0 unspecified atom stereocenters. The number of primary amides is 1. The van der Waals surface area contributed by atoms with Crippen molar-refractivity contribution < 1.29 is 48.3 Å². The minimum Gasteiger partial charge on any atom is -0.389 e. The Kier molecular flexibility index (Phi) is 29.4. The van der Waals surface area contributed by atoms with Crippen LogP contribution in [-0.2, 0) is 49.6 Å². The molecule has 0 spiro atoms. The molecule has 0 aliphatic carbocycles. The largest absolute Gasteiger partial charge is 0.389 e. The van der Waals surface area contributed by atoms with Gasteiger partial charge >= 0.3 is 0 Å². The molecule has 29 heteroatoms. The summed E-state index contributed by atoms with van der Waals surface area (Å²) in [5.41, 5.74) is 44.3. The van der Waals surface area contributed by atoms with Gasteiger partial charge in [-0.05, 0) is 84.8 Å². The summed E-state index contributed by atoms with van der Waals surface area (Å²) in [6.07, 6.45) is 4.96. The topological polar surface area (TPSA) is 511 Å². The number of carbonyl (C=O) groups excluding carboxylic acids is 9. The molecule has 71 heavy (non-hydrogen) atoms. The van der Waals surface area contributed by atoms with Crippen molar-refractivity contribution in [3.8, 4) is 0 Å². The molecule has 9 amide bonds. The molecule has 0 bridgehead atoms. The zero-order valence-corrected chi connectivity index (χ0v) is 40.6. The van der Waals surface area contributed by atoms with E-state index in [4.69, 9.17) is 45.9 Å². The van der Waals surface area contributed by atoms with Crippen LogP contribution in [0.4, 0.5) is 0 Å². The van der Waals surface area contributed by atoms with Gasteiger partial charge in [-0.25, -0.2) is 9.98 Å². The van der Waals surface area contributed by atoms with Crippen molar-refractivity contribution in [2.45, 2.75) is 120 Å². The summed E-state index contributed by atoms with van der Waals surface area (Å²) in [6, 6.07) is -7.80. The fraction of sp³-hybridized carbons (Fsp3) is 0.619. The van der Waals surface area contributed by atoms with E-state index in [2.05, 4.69) is 51.9 Å². The molecule has 0 aliphatic heterocycles. The van der Waals surface area contributed by atoms with E-state index in [-0.39, 0.29) is 75.5 Å². The molecule has 0 fully saturated rings. The third-order valence-electron chi connectivity index (χ3n) is 10.6. The van der Waals surface area contributed by atoms with Crippen LogP contribution < -0.4 is 77.8 Å². The van der Waals surface area contributed by atoms with Crippen LogP contribution in [0.2, 0.25) is 0 Å². The number of aromatic nitrogens is 2. The van der Waals surface area contributed by atoms with Crippen LogP contribution >= 0.6 is 0 Å². The molecule has 1 rings (SSSR count). The van der Waals surface area contributed by atoms with Crippen LogP contribution in [0, 0.1) is 0 Å². The van der Waals surface area contributed by atoms with Crippen molar-refractivity contribution in [2.24, 2.45) is 55.9 Å². The monoisotopic (exact) mass is 1010 g/mol. The van der Waals surface area contributed by atoms with E-state index in [1.165, 1.54) is 39.5 Å². The summed E-state index contributed by atoms with van der Waals surface area (Å²) in [5, 5.41) is 25.0. The van der Waals surface area contributed by atoms with Crippen molar-refractivity contribution in [2.75, 3.05) is 46.3 Å². The Bertz CT molecular complexity index is 2010. The number of imidazole rings is 1. The molecule has 24 N–H and O–H groups in total. The number of H-pyrrole nitrogens is 1. The molecule has 1 heterocycles. The first-order valence-electron chi connectivity index (χ1n) is 23.1. The number of nitrogens with two attached hydrogens (primary N) is 8. The van der Waals surface area contributed by atoms with E-state index in [1.807, 2.05) is 0 Å². The number of aliphatic hydroxyl groups excluding tert-OH is 1. The van der Waals surface area contributed by atoms with Gasteiger partial charge < -0.3 is 92.8 Å². The number of rotatable bonds is 34. The number of hydrogen-bond donors (Lipinski definition) is 16. The van der Waals surface area contributed by atoms with Gasteiger partial charge in [-0.2, -0.15) is 0 Å². The van der Waals surface area contributed by atoms with E-state index in [0.717, 1.165) is 4.90 Å². The van der Waals surface area contributed by atoms with Crippen LogP contribution in [0.5, 0.6) is 0 Å². The van der Waals surface area contributed by atoms with E-state index in [9.17, 15) is 48.3 Å². The first kappa shape index (κ1) is 62.1. The highest BCUT2D eigenvalue weighted by Crippen LogP contribution is 2.09. The number of aliphatic imine (C=N–C) groups is 2. The average Bonchev–Trinajstić information content (AvgIpc) is 3.85. The molecule has 1 aromatic heterocycles. The van der Waals surface area contributed by atoms with Crippen molar-refractivity contribution in [1.82, 2.24) is 46.8 Å². The highest BCUT2D eigenvalue weighted by molar-refractivity contribution is 6.40. The number of carbonyl (C=O) groups is 9. The third kappa shape index (κ3) is 23.5. The van der Waals surface area contributed by atoms with Crippen LogP contribution in [-0.4, -0.2) is 173 Å². The van der Waals surface area contributed by atoms with Gasteiger partial charge in [0.15, 0.2) is 5.96 Å². The Morgan fingerprint density at radius 2 is 1.42 bits per heavy atom. The second-order valence-corrected chi connectivity index (χ2v) is 16.3. The zero-order valence-electron chi connectivity index (χ0n) is 40.6. The summed E-state index contributed by atoms with van der Waals surface area (Å²) < 4.78 is 0. The van der Waals surface area contributed by atoms with Gasteiger partial charge in [0, 0.05) is 38.4 Å². The molecule has 0 radical (unpaired) electrons. The summed E-state index contributed by atoms with van der Waals surface area (Å²) in [7, 11) is 1.26. The standard InChI is InChI=1S/C42H75N19O10/c1-23(55-40(70)33(31(62)19-46)60-37(67)26(47)10-4-6-14-43)35(65)53-21-32(63)56-29(12-8-16-45)41(71)61(3)24(2)36(66)59-30(18-25-20-51-22-54-25)39(69)58-28(11-5-7-15-44)38(68)57-27(34(48)64)13-9-17-52-42(49)50/h13,20,22-24,26,28,30-31,33,62H,4-12,14-19,21,43-47H2,1-3H3,(H2,48,64)(H,51,54)(H,53,65)(H,55,70)(H,57,68)(H,58,69)(H,59,66)(H,60,67)(H4,49,50,52)/b27-13-,56-29?/t23-,24-,26-,28-,30-,31-,33-/m0/s1. The summed E-state index contributed by atoms with van der Waals surface area (Å²) in [6.45, 7) is 2.32. The highest BCUT2D eigenvalue weighted by atomic mass is 16.3. The number of guanidine groups is 1. The Balaban J connectivity index is 3.20. The average molecular weight is 1010 g/mol. The smallest absolute Gasteiger partial charge is 0.268 e. The number of aromatic amines is 1. The molecule has 29 nitrogen and oxygen atoms in total. The highest BCUT2D eigenvalue weighted by Gasteiger charge is 2.34. The van der Waals surface area contributed by atoms with Crippen LogP contribution in [0.15, 0.2) is 34.3 Å². The maximum Gasteiger partial charge on any atom is 0.268 e. The lowest BCUT2D eigenvalue weighted by atomic mass is 10.1. The normalized spacial score (nSPS) is 14.5. The molecule has 0 aromatic carbocycles. The van der Waals surface area contributed by atoms with Crippen molar-refractivity contribution in [3.05, 3.63) is 30.0 Å². The Morgan fingerprint density at radius 3 is 2.00 bits per heavy atom. The lowest BCUT2D eigenvalue weighted by Crippen LogP contribution is -2.60. The first-order valence-corrected chi connectivity index (χ1v) is 23.1. The van der Waals surface area contributed by atoms with E-state index < -0.39 is 109 Å². The second-order valence-electron chi connectivity index (χ2n) is 16.3. The number of nitrogens with one attached hydrogen (secondary N) is 7. The van der Waals surface area contributed by atoms with Gasteiger partial charge in [0.25, 0.3) is 17.7 Å². The zero-order chi connectivity index (χ0) is 53.6. The van der Waals surface area contributed by atoms with Gasteiger partial charge in [-0.1, -0.05) is 12.5 Å². The molecule has 1 aromatic rings. The first-order chi connectivity index (χ1) is 33.6. The van der Waals surface area contributed by atoms with E-state index >= 15 is 0 Å². The lowest BCUT2D eigenvalue weighted by molar-refractivity contribution is -0.136. The fourth-order valence-corrected chi connectivity index (χ4v) is 6.27. The van der Waals surface area contributed by atoms with Crippen molar-refractivity contribution in [1.29, 1.82) is 0 Å². The van der Waals surface area contributed by atoms with Gasteiger partial charge in [0.05, 0.1) is 25.0 Å². The number of aliphatic hydroxyl groups is 1. The number of hydrogen-bond acceptors (Lipinski definition) is 17. The Morgan fingerprint density at radius 1 is 0.789 bits per heavy atom. The van der Waals surface area contributed by atoms with Gasteiger partial charge in [0.1, 0.15) is 41.6 Å². The lowest BCUT2D eigenvalue weighted by Gasteiger charge is -2.28. The summed E-state index contributed by atoms with van der Waals surface area (Å²) in [4.78, 5) is 134. The van der Waals surface area contributed by atoms with Crippen LogP contribution in [0.1, 0.15) is 77.3 Å². The second kappa shape index (κ2) is 33.6. The summed E-state index contributed by atoms with van der Waals surface area (Å²) in [5.74, 6) is -8.01. The van der Waals surface area contributed by atoms with Crippen LogP contribution in [0.3, 0.4) is 0 Å². The quantitative estimate of drug-likeness (QED) is 0.0132. The van der Waals surface area contributed by atoms with E-state index in [0.29, 0.717) is 37.9 Å². The number of likely N-dealkylation sites (N-methyl/N-ethyl adjacent to an activating group) is 1. The van der Waals surface area contributed by atoms with Crippen LogP contribution in [0.25, 0.3) is 0 Å². The third-order valence-corrected chi connectivity index (χ3v) is 10.6. The Hall–Kier alpha value is -6.92. The van der Waals surface area contributed by atoms with Crippen molar-refractivity contribution >= 4 is 64.8 Å². The maximum atomic E-state index is 13.9. The number of nitrogens with zero attached hydrogens (tertiary/aromatic N) is 4. The minimum atomic E-state index is -1.57. The Labute approximate surface area is 411 Å². The molecular weight excluding hydrogens is 931 g/mol. The van der Waals surface area contributed by atoms with Crippen molar-refractivity contribution in [3.63, 3.8) is 0 Å². The predicted octanol–water partition coefficient (Wildman–Crippen LogP) is -7.37. The molecular formula is C42H75N19O10. The van der Waals surface area contributed by atoms with Gasteiger partial charge in [0.2, 0.25) is 35.4 Å². The molecule has 0 saturated carbocycles. The van der Waals surface area contributed by atoms with Gasteiger partial charge in [-0.15, -0.1) is 0 Å². The number of unbranched alkanes of at least 4 members (excludes halogenated alkanes) is 2.